The summed E-state index contributed by atoms with van der Waals surface area (Å²) in [5.74, 6) is 0.105. The lowest BCUT2D eigenvalue weighted by Crippen LogP contribution is -2.00. The second-order valence-electron chi connectivity index (χ2n) is 4.52. The Balaban J connectivity index is 2.08. The Morgan fingerprint density at radius 2 is 1.72 bits per heavy atom. The molecule has 0 unspecified atom stereocenters. The van der Waals surface area contributed by atoms with Crippen molar-refractivity contribution in [2.75, 3.05) is 5.32 Å². The standard InChI is InChI=1S/C15H16ClNO/c1-10-5-11(2)7-12(6-10)9-17-13-3-4-15(18)14(16)8-13/h3-8,17-18H,9H2,1-2H3. The van der Waals surface area contributed by atoms with Crippen LogP contribution < -0.4 is 5.32 Å². The zero-order valence-electron chi connectivity index (χ0n) is 10.5. The quantitative estimate of drug-likeness (QED) is 0.809. The van der Waals surface area contributed by atoms with Gasteiger partial charge in [-0.25, -0.2) is 0 Å². The summed E-state index contributed by atoms with van der Waals surface area (Å²) < 4.78 is 0. The molecule has 0 aliphatic rings. The fourth-order valence-corrected chi connectivity index (χ4v) is 2.17. The maximum atomic E-state index is 9.34. The van der Waals surface area contributed by atoms with E-state index in [0.717, 1.165) is 12.2 Å². The second-order valence-corrected chi connectivity index (χ2v) is 4.92. The number of phenols is 1. The van der Waals surface area contributed by atoms with E-state index in [4.69, 9.17) is 11.6 Å². The van der Waals surface area contributed by atoms with Crippen LogP contribution in [0.5, 0.6) is 5.75 Å². The van der Waals surface area contributed by atoms with E-state index in [1.165, 1.54) is 16.7 Å². The summed E-state index contributed by atoms with van der Waals surface area (Å²) in [4.78, 5) is 0. The highest BCUT2D eigenvalue weighted by Gasteiger charge is 2.00. The maximum Gasteiger partial charge on any atom is 0.134 e. The molecular weight excluding hydrogens is 246 g/mol. The summed E-state index contributed by atoms with van der Waals surface area (Å²) >= 11 is 5.86. The van der Waals surface area contributed by atoms with Gasteiger partial charge in [0.05, 0.1) is 5.02 Å². The monoisotopic (exact) mass is 261 g/mol. The Morgan fingerprint density at radius 1 is 1.06 bits per heavy atom. The Kier molecular flexibility index (Phi) is 3.78. The zero-order valence-corrected chi connectivity index (χ0v) is 11.3. The molecule has 0 radical (unpaired) electrons. The highest BCUT2D eigenvalue weighted by atomic mass is 35.5. The predicted octanol–water partition coefficient (Wildman–Crippen LogP) is 4.27. The average Bonchev–Trinajstić information content (AvgIpc) is 2.29. The zero-order chi connectivity index (χ0) is 13.1. The van der Waals surface area contributed by atoms with Crippen LogP contribution in [0.15, 0.2) is 36.4 Å². The number of aromatic hydroxyl groups is 1. The molecule has 2 N–H and O–H groups in total. The number of aryl methyl sites for hydroxylation is 2. The van der Waals surface area contributed by atoms with Crippen LogP contribution in [0.25, 0.3) is 0 Å². The van der Waals surface area contributed by atoms with Crippen molar-refractivity contribution in [1.29, 1.82) is 0 Å². The van der Waals surface area contributed by atoms with Crippen molar-refractivity contribution in [1.82, 2.24) is 0 Å². The summed E-state index contributed by atoms with van der Waals surface area (Å²) in [5.41, 5.74) is 4.65. The van der Waals surface area contributed by atoms with E-state index >= 15 is 0 Å². The Labute approximate surface area is 112 Å². The van der Waals surface area contributed by atoms with Crippen molar-refractivity contribution < 1.29 is 5.11 Å². The van der Waals surface area contributed by atoms with Crippen molar-refractivity contribution in [2.45, 2.75) is 20.4 Å². The van der Waals surface area contributed by atoms with Crippen LogP contribution in [0, 0.1) is 13.8 Å². The molecule has 3 heteroatoms. The number of hydrogen-bond acceptors (Lipinski definition) is 2. The molecule has 0 aliphatic carbocycles. The highest BCUT2D eigenvalue weighted by molar-refractivity contribution is 6.32. The minimum atomic E-state index is 0.105. The molecular formula is C15H16ClNO. The maximum absolute atomic E-state index is 9.34. The minimum Gasteiger partial charge on any atom is -0.506 e. The van der Waals surface area contributed by atoms with Gasteiger partial charge < -0.3 is 10.4 Å². The van der Waals surface area contributed by atoms with Gasteiger partial charge in [0.2, 0.25) is 0 Å². The van der Waals surface area contributed by atoms with Crippen LogP contribution in [0.3, 0.4) is 0 Å². The molecule has 18 heavy (non-hydrogen) atoms. The van der Waals surface area contributed by atoms with Crippen molar-refractivity contribution in [3.63, 3.8) is 0 Å². The molecule has 0 aliphatic heterocycles. The van der Waals surface area contributed by atoms with Crippen LogP contribution in [0.4, 0.5) is 5.69 Å². The Hall–Kier alpha value is -1.67. The Bertz CT molecular complexity index is 546. The lowest BCUT2D eigenvalue weighted by molar-refractivity contribution is 0.475. The molecule has 0 amide bonds. The van der Waals surface area contributed by atoms with Crippen molar-refractivity contribution in [3.8, 4) is 5.75 Å². The third-order valence-electron chi connectivity index (χ3n) is 2.73. The van der Waals surface area contributed by atoms with Crippen LogP contribution in [0.1, 0.15) is 16.7 Å². The topological polar surface area (TPSA) is 32.3 Å². The molecule has 0 heterocycles. The SMILES string of the molecule is Cc1cc(C)cc(CNc2ccc(O)c(Cl)c2)c1. The smallest absolute Gasteiger partial charge is 0.134 e. The molecule has 94 valence electrons. The third-order valence-corrected chi connectivity index (χ3v) is 3.03. The van der Waals surface area contributed by atoms with Gasteiger partial charge in [-0.2, -0.15) is 0 Å². The van der Waals surface area contributed by atoms with Crippen molar-refractivity contribution >= 4 is 17.3 Å². The Morgan fingerprint density at radius 3 is 2.33 bits per heavy atom. The molecule has 0 aromatic heterocycles. The summed E-state index contributed by atoms with van der Waals surface area (Å²) in [7, 11) is 0. The van der Waals surface area contributed by atoms with Gasteiger partial charge in [0, 0.05) is 12.2 Å². The van der Waals surface area contributed by atoms with Gasteiger partial charge >= 0.3 is 0 Å². The molecule has 2 aromatic rings. The molecule has 2 nitrogen and oxygen atoms in total. The van der Waals surface area contributed by atoms with Gasteiger partial charge in [-0.05, 0) is 37.6 Å². The lowest BCUT2D eigenvalue weighted by atomic mass is 10.1. The average molecular weight is 262 g/mol. The molecule has 0 bridgehead atoms. The molecule has 0 spiro atoms. The lowest BCUT2D eigenvalue weighted by Gasteiger charge is -2.09. The number of rotatable bonds is 3. The second kappa shape index (κ2) is 5.32. The van der Waals surface area contributed by atoms with Crippen molar-refractivity contribution in [3.05, 3.63) is 58.1 Å². The number of hydrogen-bond donors (Lipinski definition) is 2. The number of phenolic OH excluding ortho intramolecular Hbond substituents is 1. The van der Waals surface area contributed by atoms with E-state index in [2.05, 4.69) is 37.4 Å². The predicted molar refractivity (Wildman–Crippen MR) is 76.4 cm³/mol. The summed E-state index contributed by atoms with van der Waals surface area (Å²) in [5, 5.41) is 13.0. The van der Waals surface area contributed by atoms with Gasteiger partial charge in [-0.15, -0.1) is 0 Å². The summed E-state index contributed by atoms with van der Waals surface area (Å²) in [6, 6.07) is 11.6. The van der Waals surface area contributed by atoms with Crippen LogP contribution in [0.2, 0.25) is 5.02 Å². The summed E-state index contributed by atoms with van der Waals surface area (Å²) in [6.45, 7) is 4.92. The van der Waals surface area contributed by atoms with Gasteiger partial charge in [-0.1, -0.05) is 40.9 Å². The first-order valence-corrected chi connectivity index (χ1v) is 6.22. The molecule has 0 saturated heterocycles. The third kappa shape index (κ3) is 3.17. The molecule has 0 fully saturated rings. The van der Waals surface area contributed by atoms with Crippen LogP contribution >= 0.6 is 11.6 Å². The first-order valence-electron chi connectivity index (χ1n) is 5.84. The number of benzene rings is 2. The minimum absolute atomic E-state index is 0.105. The number of halogens is 1. The van der Waals surface area contributed by atoms with Gasteiger partial charge in [0.15, 0.2) is 0 Å². The first kappa shape index (κ1) is 12.8. The van der Waals surface area contributed by atoms with Crippen LogP contribution in [-0.2, 0) is 6.54 Å². The molecule has 0 saturated carbocycles. The van der Waals surface area contributed by atoms with Gasteiger partial charge in [0.1, 0.15) is 5.75 Å². The number of anilines is 1. The van der Waals surface area contributed by atoms with E-state index in [0.29, 0.717) is 5.02 Å². The molecule has 2 aromatic carbocycles. The molecule has 0 atom stereocenters. The first-order chi connectivity index (χ1) is 8.54. The van der Waals surface area contributed by atoms with E-state index in [1.54, 1.807) is 12.1 Å². The van der Waals surface area contributed by atoms with E-state index < -0.39 is 0 Å². The normalized spacial score (nSPS) is 10.4. The number of nitrogens with one attached hydrogen (secondary N) is 1. The van der Waals surface area contributed by atoms with Crippen LogP contribution in [-0.4, -0.2) is 5.11 Å². The van der Waals surface area contributed by atoms with E-state index in [-0.39, 0.29) is 5.75 Å². The fourth-order valence-electron chi connectivity index (χ4n) is 1.99. The largest absolute Gasteiger partial charge is 0.506 e. The van der Waals surface area contributed by atoms with E-state index in [9.17, 15) is 5.11 Å². The van der Waals surface area contributed by atoms with Gasteiger partial charge in [-0.3, -0.25) is 0 Å². The molecule has 2 rings (SSSR count). The van der Waals surface area contributed by atoms with E-state index in [1.807, 2.05) is 6.07 Å². The van der Waals surface area contributed by atoms with Gasteiger partial charge in [0.25, 0.3) is 0 Å². The fraction of sp³-hybridized carbons (Fsp3) is 0.200. The summed E-state index contributed by atoms with van der Waals surface area (Å²) in [6.07, 6.45) is 0. The highest BCUT2D eigenvalue weighted by Crippen LogP contribution is 2.26. The van der Waals surface area contributed by atoms with Crippen molar-refractivity contribution in [2.24, 2.45) is 0 Å².